The average molecular weight is 272 g/mol. The van der Waals surface area contributed by atoms with Crippen LogP contribution in [0.3, 0.4) is 0 Å². The van der Waals surface area contributed by atoms with Crippen LogP contribution in [0.5, 0.6) is 0 Å². The maximum Gasteiger partial charge on any atom is 0.275 e. The van der Waals surface area contributed by atoms with E-state index in [4.69, 9.17) is 5.84 Å². The fraction of sp³-hybridized carbons (Fsp3) is 0.0769. The Morgan fingerprint density at radius 3 is 3.00 bits per heavy atom. The first-order valence-corrected chi connectivity index (χ1v) is 6.59. The van der Waals surface area contributed by atoms with Gasteiger partial charge in [-0.25, -0.2) is 10.8 Å². The summed E-state index contributed by atoms with van der Waals surface area (Å²) in [6.07, 6.45) is 1.81. The van der Waals surface area contributed by atoms with E-state index in [-0.39, 0.29) is 5.91 Å². The number of hydrazine groups is 1. The maximum atomic E-state index is 11.4. The third-order valence-electron chi connectivity index (χ3n) is 2.87. The molecule has 0 aliphatic rings. The number of nitrogens with one attached hydrogen (secondary N) is 1. The van der Waals surface area contributed by atoms with Crippen molar-refractivity contribution in [3.8, 4) is 0 Å². The second-order valence-electron chi connectivity index (χ2n) is 4.10. The van der Waals surface area contributed by atoms with E-state index in [2.05, 4.69) is 15.0 Å². The van der Waals surface area contributed by atoms with E-state index >= 15 is 0 Å². The number of para-hydroxylation sites is 2. The number of carbonyl (C=O) groups excluding carboxylic acids is 1. The molecule has 0 aliphatic heterocycles. The fourth-order valence-corrected chi connectivity index (χ4v) is 2.87. The predicted octanol–water partition coefficient (Wildman–Crippen LogP) is 1.75. The van der Waals surface area contributed by atoms with Crippen molar-refractivity contribution in [1.29, 1.82) is 0 Å². The standard InChI is InChI=1S/C13H12N4OS/c14-16-13(18)12-6-5-9(19-12)7-17-8-15-10-3-1-2-4-11(10)17/h1-6,8H,7,14H2,(H,16,18). The Balaban J connectivity index is 1.89. The molecule has 3 aromatic rings. The lowest BCUT2D eigenvalue weighted by atomic mass is 10.3. The van der Waals surface area contributed by atoms with Gasteiger partial charge in [0, 0.05) is 4.88 Å². The van der Waals surface area contributed by atoms with Gasteiger partial charge in [-0.05, 0) is 24.3 Å². The van der Waals surface area contributed by atoms with Crippen LogP contribution >= 0.6 is 11.3 Å². The topological polar surface area (TPSA) is 72.9 Å². The van der Waals surface area contributed by atoms with Crippen LogP contribution < -0.4 is 11.3 Å². The number of nitrogen functional groups attached to an aromatic ring is 1. The molecule has 0 atom stereocenters. The summed E-state index contributed by atoms with van der Waals surface area (Å²) in [5.41, 5.74) is 4.19. The molecule has 0 saturated carbocycles. The molecule has 3 rings (SSSR count). The minimum absolute atomic E-state index is 0.258. The number of imidazole rings is 1. The molecular weight excluding hydrogens is 260 g/mol. The van der Waals surface area contributed by atoms with Crippen molar-refractivity contribution in [3.05, 3.63) is 52.5 Å². The quantitative estimate of drug-likeness (QED) is 0.433. The Morgan fingerprint density at radius 1 is 1.32 bits per heavy atom. The summed E-state index contributed by atoms with van der Waals surface area (Å²) in [6.45, 7) is 0.697. The Labute approximate surface area is 113 Å². The van der Waals surface area contributed by atoms with Gasteiger partial charge in [-0.3, -0.25) is 10.2 Å². The molecule has 5 nitrogen and oxygen atoms in total. The summed E-state index contributed by atoms with van der Waals surface area (Å²) < 4.78 is 2.06. The molecule has 0 bridgehead atoms. The summed E-state index contributed by atoms with van der Waals surface area (Å²) in [7, 11) is 0. The van der Waals surface area contributed by atoms with Gasteiger partial charge in [0.2, 0.25) is 0 Å². The molecule has 0 saturated heterocycles. The zero-order chi connectivity index (χ0) is 13.2. The van der Waals surface area contributed by atoms with Gasteiger partial charge in [0.25, 0.3) is 5.91 Å². The molecule has 6 heteroatoms. The predicted molar refractivity (Wildman–Crippen MR) is 74.8 cm³/mol. The number of hydrogen-bond donors (Lipinski definition) is 2. The van der Waals surface area contributed by atoms with Gasteiger partial charge in [0.1, 0.15) is 0 Å². The van der Waals surface area contributed by atoms with Crippen LogP contribution in [0.15, 0.2) is 42.7 Å². The van der Waals surface area contributed by atoms with Gasteiger partial charge in [-0.15, -0.1) is 11.3 Å². The van der Waals surface area contributed by atoms with Gasteiger partial charge in [-0.2, -0.15) is 0 Å². The van der Waals surface area contributed by atoms with Gasteiger partial charge in [0.05, 0.1) is 28.8 Å². The Morgan fingerprint density at radius 2 is 2.16 bits per heavy atom. The summed E-state index contributed by atoms with van der Waals surface area (Å²) in [4.78, 5) is 17.4. The van der Waals surface area contributed by atoms with Crippen LogP contribution in [-0.4, -0.2) is 15.5 Å². The SMILES string of the molecule is NNC(=O)c1ccc(Cn2cnc3ccccc32)s1. The molecule has 0 spiro atoms. The van der Waals surface area contributed by atoms with E-state index < -0.39 is 0 Å². The summed E-state index contributed by atoms with van der Waals surface area (Å²) in [5.74, 6) is 4.86. The number of carbonyl (C=O) groups is 1. The molecule has 0 fully saturated rings. The van der Waals surface area contributed by atoms with Crippen molar-refractivity contribution in [2.45, 2.75) is 6.54 Å². The molecule has 96 valence electrons. The normalized spacial score (nSPS) is 10.8. The highest BCUT2D eigenvalue weighted by molar-refractivity contribution is 7.14. The van der Waals surface area contributed by atoms with E-state index in [9.17, 15) is 4.79 Å². The van der Waals surface area contributed by atoms with Crippen LogP contribution in [0.25, 0.3) is 11.0 Å². The third kappa shape index (κ3) is 2.23. The summed E-state index contributed by atoms with van der Waals surface area (Å²) in [5, 5.41) is 0. The van der Waals surface area contributed by atoms with E-state index in [1.807, 2.05) is 36.7 Å². The first-order valence-electron chi connectivity index (χ1n) is 5.77. The zero-order valence-electron chi connectivity index (χ0n) is 10.0. The van der Waals surface area contributed by atoms with Gasteiger partial charge < -0.3 is 4.57 Å². The number of benzene rings is 1. The monoisotopic (exact) mass is 272 g/mol. The van der Waals surface area contributed by atoms with Crippen LogP contribution in [-0.2, 0) is 6.54 Å². The maximum absolute atomic E-state index is 11.4. The fourth-order valence-electron chi connectivity index (χ4n) is 1.96. The molecule has 0 aliphatic carbocycles. The van der Waals surface area contributed by atoms with Crippen LogP contribution in [0.2, 0.25) is 0 Å². The van der Waals surface area contributed by atoms with Crippen molar-refractivity contribution >= 4 is 28.3 Å². The largest absolute Gasteiger partial charge is 0.325 e. The van der Waals surface area contributed by atoms with E-state index in [0.717, 1.165) is 15.9 Å². The minimum Gasteiger partial charge on any atom is -0.325 e. The zero-order valence-corrected chi connectivity index (χ0v) is 10.9. The number of thiophene rings is 1. The molecule has 1 amide bonds. The molecule has 2 heterocycles. The van der Waals surface area contributed by atoms with E-state index in [0.29, 0.717) is 11.4 Å². The number of rotatable bonds is 3. The highest BCUT2D eigenvalue weighted by Gasteiger charge is 2.09. The van der Waals surface area contributed by atoms with Gasteiger partial charge in [0.15, 0.2) is 0 Å². The lowest BCUT2D eigenvalue weighted by Crippen LogP contribution is -2.29. The van der Waals surface area contributed by atoms with Gasteiger partial charge in [-0.1, -0.05) is 12.1 Å². The highest BCUT2D eigenvalue weighted by atomic mass is 32.1. The van der Waals surface area contributed by atoms with Crippen LogP contribution in [0.1, 0.15) is 14.5 Å². The van der Waals surface area contributed by atoms with Crippen molar-refractivity contribution in [2.75, 3.05) is 0 Å². The minimum atomic E-state index is -0.258. The lowest BCUT2D eigenvalue weighted by molar-refractivity contribution is 0.0957. The highest BCUT2D eigenvalue weighted by Crippen LogP contribution is 2.20. The summed E-state index contributed by atoms with van der Waals surface area (Å²) in [6, 6.07) is 11.7. The molecule has 1 aromatic carbocycles. The number of nitrogens with two attached hydrogens (primary N) is 1. The van der Waals surface area contributed by atoms with Crippen molar-refractivity contribution in [1.82, 2.24) is 15.0 Å². The van der Waals surface area contributed by atoms with Crippen molar-refractivity contribution in [2.24, 2.45) is 5.84 Å². The Kier molecular flexibility index (Phi) is 3.02. The number of amides is 1. The van der Waals surface area contributed by atoms with E-state index in [1.54, 1.807) is 6.07 Å². The van der Waals surface area contributed by atoms with Gasteiger partial charge >= 0.3 is 0 Å². The van der Waals surface area contributed by atoms with Crippen LogP contribution in [0.4, 0.5) is 0 Å². The Hall–Kier alpha value is -2.18. The lowest BCUT2D eigenvalue weighted by Gasteiger charge is -2.01. The first kappa shape index (κ1) is 11.9. The molecule has 19 heavy (non-hydrogen) atoms. The number of fused-ring (bicyclic) bond motifs is 1. The second kappa shape index (κ2) is 4.83. The number of hydrogen-bond acceptors (Lipinski definition) is 4. The van der Waals surface area contributed by atoms with E-state index in [1.165, 1.54) is 11.3 Å². The molecule has 0 radical (unpaired) electrons. The van der Waals surface area contributed by atoms with Crippen LogP contribution in [0, 0.1) is 0 Å². The smallest absolute Gasteiger partial charge is 0.275 e. The van der Waals surface area contributed by atoms with Crippen molar-refractivity contribution < 1.29 is 4.79 Å². The number of nitrogens with zero attached hydrogens (tertiary/aromatic N) is 2. The second-order valence-corrected chi connectivity index (χ2v) is 5.27. The molecule has 2 aromatic heterocycles. The summed E-state index contributed by atoms with van der Waals surface area (Å²) >= 11 is 1.43. The average Bonchev–Trinajstić information content (AvgIpc) is 3.06. The van der Waals surface area contributed by atoms with Crippen molar-refractivity contribution in [3.63, 3.8) is 0 Å². The first-order chi connectivity index (χ1) is 9.28. The molecule has 0 unspecified atom stereocenters. The number of aromatic nitrogens is 2. The molecular formula is C13H12N4OS. The third-order valence-corrected chi connectivity index (χ3v) is 3.94. The molecule has 3 N–H and O–H groups in total. The Bertz CT molecular complexity index is 731.